The van der Waals surface area contributed by atoms with E-state index in [9.17, 15) is 9.90 Å². The number of hydrogen-bond acceptors (Lipinski definition) is 2. The predicted octanol–water partition coefficient (Wildman–Crippen LogP) is 4.84. The van der Waals surface area contributed by atoms with Gasteiger partial charge in [-0.3, -0.25) is 0 Å². The summed E-state index contributed by atoms with van der Waals surface area (Å²) in [6, 6.07) is 12.2. The van der Waals surface area contributed by atoms with Crippen molar-refractivity contribution in [2.24, 2.45) is 0 Å². The first-order chi connectivity index (χ1) is 10.9. The molecular weight excluding hydrogens is 405 g/mol. The molecule has 122 valence electrons. The van der Waals surface area contributed by atoms with E-state index >= 15 is 0 Å². The maximum Gasteiger partial charge on any atom is 0.404 e. The third kappa shape index (κ3) is 4.85. The number of nitrogens with one attached hydrogen (secondary N) is 1. The van der Waals surface area contributed by atoms with Gasteiger partial charge in [0.15, 0.2) is 0 Å². The van der Waals surface area contributed by atoms with Crippen LogP contribution in [0.5, 0.6) is 0 Å². The van der Waals surface area contributed by atoms with Gasteiger partial charge in [0.25, 0.3) is 0 Å². The molecule has 4 nitrogen and oxygen atoms in total. The SMILES string of the molecule is O=C(O)NCC(c1ccc(Cl)c(Cl)c1)C(O)c1cccc(Br)c1. The Morgan fingerprint density at radius 2 is 1.87 bits per heavy atom. The maximum atomic E-state index is 10.8. The van der Waals surface area contributed by atoms with Gasteiger partial charge < -0.3 is 15.5 Å². The molecule has 0 fully saturated rings. The average Bonchev–Trinajstić information content (AvgIpc) is 2.50. The number of aliphatic hydroxyl groups excluding tert-OH is 1. The standard InChI is InChI=1S/C16H14BrCl2NO3/c17-11-3-1-2-10(6-11)15(21)12(8-20-16(22)23)9-4-5-13(18)14(19)7-9/h1-7,12,15,20-21H,8H2,(H,22,23). The Balaban J connectivity index is 2.36. The van der Waals surface area contributed by atoms with Crippen LogP contribution in [0.1, 0.15) is 23.1 Å². The Morgan fingerprint density at radius 3 is 2.48 bits per heavy atom. The molecule has 2 atom stereocenters. The number of rotatable bonds is 5. The maximum absolute atomic E-state index is 10.8. The topological polar surface area (TPSA) is 69.6 Å². The van der Waals surface area contributed by atoms with Gasteiger partial charge in [-0.25, -0.2) is 4.79 Å². The number of hydrogen-bond donors (Lipinski definition) is 3. The smallest absolute Gasteiger partial charge is 0.404 e. The van der Waals surface area contributed by atoms with Crippen LogP contribution in [-0.4, -0.2) is 22.9 Å². The number of halogens is 3. The van der Waals surface area contributed by atoms with E-state index in [0.29, 0.717) is 21.2 Å². The zero-order chi connectivity index (χ0) is 17.0. The van der Waals surface area contributed by atoms with Crippen molar-refractivity contribution in [2.75, 3.05) is 6.54 Å². The van der Waals surface area contributed by atoms with E-state index in [1.165, 1.54) is 0 Å². The van der Waals surface area contributed by atoms with Crippen molar-refractivity contribution in [1.29, 1.82) is 0 Å². The summed E-state index contributed by atoms with van der Waals surface area (Å²) in [6.45, 7) is 0.0426. The van der Waals surface area contributed by atoms with Crippen LogP contribution in [0.25, 0.3) is 0 Å². The first-order valence-corrected chi connectivity index (χ1v) is 8.28. The fourth-order valence-electron chi connectivity index (χ4n) is 2.27. The fourth-order valence-corrected chi connectivity index (χ4v) is 3.00. The molecule has 2 aromatic rings. The number of benzene rings is 2. The zero-order valence-electron chi connectivity index (χ0n) is 11.8. The quantitative estimate of drug-likeness (QED) is 0.650. The lowest BCUT2D eigenvalue weighted by atomic mass is 9.89. The molecule has 0 saturated heterocycles. The van der Waals surface area contributed by atoms with Gasteiger partial charge in [0, 0.05) is 16.9 Å². The molecule has 0 aliphatic carbocycles. The van der Waals surface area contributed by atoms with Gasteiger partial charge in [-0.2, -0.15) is 0 Å². The molecule has 23 heavy (non-hydrogen) atoms. The monoisotopic (exact) mass is 417 g/mol. The Kier molecular flexibility index (Phi) is 6.30. The van der Waals surface area contributed by atoms with Gasteiger partial charge in [0.2, 0.25) is 0 Å². The van der Waals surface area contributed by atoms with Crippen LogP contribution < -0.4 is 5.32 Å². The Bertz CT molecular complexity index is 711. The average molecular weight is 419 g/mol. The van der Waals surface area contributed by atoms with Crippen molar-refractivity contribution < 1.29 is 15.0 Å². The number of amides is 1. The van der Waals surface area contributed by atoms with Gasteiger partial charge in [-0.05, 0) is 35.4 Å². The van der Waals surface area contributed by atoms with Crippen LogP contribution in [0.2, 0.25) is 10.0 Å². The summed E-state index contributed by atoms with van der Waals surface area (Å²) in [5, 5.41) is 22.6. The van der Waals surface area contributed by atoms with Gasteiger partial charge in [0.05, 0.1) is 16.1 Å². The lowest BCUT2D eigenvalue weighted by Crippen LogP contribution is -2.29. The first kappa shape index (κ1) is 18.1. The Hall–Kier alpha value is -1.27. The Morgan fingerprint density at radius 1 is 1.13 bits per heavy atom. The van der Waals surface area contributed by atoms with Crippen molar-refractivity contribution in [3.05, 3.63) is 68.1 Å². The zero-order valence-corrected chi connectivity index (χ0v) is 14.9. The predicted molar refractivity (Wildman–Crippen MR) is 94.3 cm³/mol. The van der Waals surface area contributed by atoms with E-state index < -0.39 is 18.1 Å². The van der Waals surface area contributed by atoms with E-state index in [-0.39, 0.29) is 6.54 Å². The number of carboxylic acid groups (broad SMARTS) is 1. The summed E-state index contributed by atoms with van der Waals surface area (Å²) in [7, 11) is 0. The van der Waals surface area contributed by atoms with Crippen LogP contribution in [-0.2, 0) is 0 Å². The molecule has 1 amide bonds. The minimum absolute atomic E-state index is 0.0426. The highest BCUT2D eigenvalue weighted by atomic mass is 79.9. The second-order valence-electron chi connectivity index (χ2n) is 4.97. The molecule has 0 heterocycles. The van der Waals surface area contributed by atoms with Gasteiger partial charge >= 0.3 is 6.09 Å². The molecule has 2 unspecified atom stereocenters. The molecule has 0 saturated carbocycles. The fraction of sp³-hybridized carbons (Fsp3) is 0.188. The molecule has 0 aromatic heterocycles. The van der Waals surface area contributed by atoms with E-state index in [0.717, 1.165) is 4.47 Å². The summed E-state index contributed by atoms with van der Waals surface area (Å²) < 4.78 is 0.827. The molecule has 0 aliphatic rings. The first-order valence-electron chi connectivity index (χ1n) is 6.73. The van der Waals surface area contributed by atoms with Gasteiger partial charge in [-0.1, -0.05) is 57.3 Å². The highest BCUT2D eigenvalue weighted by Crippen LogP contribution is 2.34. The summed E-state index contributed by atoms with van der Waals surface area (Å²) in [5.74, 6) is -0.504. The molecule has 7 heteroatoms. The molecule has 0 spiro atoms. The highest BCUT2D eigenvalue weighted by molar-refractivity contribution is 9.10. The molecule has 0 bridgehead atoms. The van der Waals surface area contributed by atoms with Crippen molar-refractivity contribution in [1.82, 2.24) is 5.32 Å². The van der Waals surface area contributed by atoms with Crippen LogP contribution >= 0.6 is 39.1 Å². The molecule has 3 N–H and O–H groups in total. The molecule has 2 rings (SSSR count). The van der Waals surface area contributed by atoms with Crippen LogP contribution in [0.15, 0.2) is 46.9 Å². The molecule has 0 radical (unpaired) electrons. The van der Waals surface area contributed by atoms with Crippen molar-refractivity contribution in [3.63, 3.8) is 0 Å². The molecule has 2 aromatic carbocycles. The second kappa shape index (κ2) is 8.02. The number of carbonyl (C=O) groups is 1. The number of aliphatic hydroxyl groups is 1. The third-order valence-electron chi connectivity index (χ3n) is 3.42. The second-order valence-corrected chi connectivity index (χ2v) is 6.70. The largest absolute Gasteiger partial charge is 0.465 e. The highest BCUT2D eigenvalue weighted by Gasteiger charge is 2.24. The van der Waals surface area contributed by atoms with Crippen molar-refractivity contribution >= 4 is 45.2 Å². The Labute approximate surface area is 152 Å². The normalized spacial score (nSPS) is 13.4. The van der Waals surface area contributed by atoms with E-state index in [4.69, 9.17) is 28.3 Å². The molecular formula is C16H14BrCl2NO3. The summed E-state index contributed by atoms with van der Waals surface area (Å²) in [4.78, 5) is 10.8. The summed E-state index contributed by atoms with van der Waals surface area (Å²) in [6.07, 6.45) is -2.06. The lowest BCUT2D eigenvalue weighted by molar-refractivity contribution is 0.140. The summed E-state index contributed by atoms with van der Waals surface area (Å²) in [5.41, 5.74) is 1.36. The lowest BCUT2D eigenvalue weighted by Gasteiger charge is -2.24. The van der Waals surface area contributed by atoms with Crippen molar-refractivity contribution in [2.45, 2.75) is 12.0 Å². The van der Waals surface area contributed by atoms with E-state index in [2.05, 4.69) is 21.2 Å². The minimum Gasteiger partial charge on any atom is -0.465 e. The van der Waals surface area contributed by atoms with Crippen molar-refractivity contribution in [3.8, 4) is 0 Å². The van der Waals surface area contributed by atoms with E-state index in [1.54, 1.807) is 36.4 Å². The van der Waals surface area contributed by atoms with Crippen LogP contribution in [0.3, 0.4) is 0 Å². The van der Waals surface area contributed by atoms with E-state index in [1.807, 2.05) is 6.07 Å². The molecule has 0 aliphatic heterocycles. The summed E-state index contributed by atoms with van der Waals surface area (Å²) >= 11 is 15.3. The van der Waals surface area contributed by atoms with Crippen LogP contribution in [0.4, 0.5) is 4.79 Å². The van der Waals surface area contributed by atoms with Gasteiger partial charge in [0.1, 0.15) is 0 Å². The minimum atomic E-state index is -1.16. The third-order valence-corrected chi connectivity index (χ3v) is 4.65. The van der Waals surface area contributed by atoms with Crippen LogP contribution in [0, 0.1) is 0 Å². The van der Waals surface area contributed by atoms with Gasteiger partial charge in [-0.15, -0.1) is 0 Å².